The maximum absolute atomic E-state index is 13.6. The van der Waals surface area contributed by atoms with Crippen molar-refractivity contribution in [2.45, 2.75) is 38.8 Å². The van der Waals surface area contributed by atoms with Crippen LogP contribution in [-0.4, -0.2) is 156 Å². The predicted octanol–water partition coefficient (Wildman–Crippen LogP) is 8.46. The van der Waals surface area contributed by atoms with E-state index in [1.54, 1.807) is 62.4 Å². The van der Waals surface area contributed by atoms with E-state index in [1.807, 2.05) is 86.5 Å². The zero-order valence-corrected chi connectivity index (χ0v) is 45.2. The van der Waals surface area contributed by atoms with E-state index >= 15 is 0 Å². The Labute approximate surface area is 458 Å². The van der Waals surface area contributed by atoms with Crippen LogP contribution in [0.5, 0.6) is 0 Å². The van der Waals surface area contributed by atoms with Gasteiger partial charge >= 0.3 is 0 Å². The molecule has 8 amide bonds. The molecular formula is C64H56N8O8. The Morgan fingerprint density at radius 1 is 0.362 bits per heavy atom. The Balaban J connectivity index is 0.000000151. The minimum Gasteiger partial charge on any atom is -0.328 e. The van der Waals surface area contributed by atoms with E-state index in [1.165, 1.54) is 19.6 Å². The van der Waals surface area contributed by atoms with Crippen molar-refractivity contribution in [3.63, 3.8) is 0 Å². The lowest BCUT2D eigenvalue weighted by Crippen LogP contribution is -2.48. The molecule has 2 atom stereocenters. The minimum absolute atomic E-state index is 0.143. The number of benzene rings is 10. The van der Waals surface area contributed by atoms with Crippen LogP contribution in [0, 0.1) is 0 Å². The number of hydrogen-bond acceptors (Lipinski definition) is 12. The van der Waals surface area contributed by atoms with Gasteiger partial charge < -0.3 is 21.3 Å². The third kappa shape index (κ3) is 7.08. The van der Waals surface area contributed by atoms with Crippen molar-refractivity contribution >= 4 is 133 Å². The minimum atomic E-state index is -0.426. The molecular weight excluding hydrogens is 1010 g/mol. The second kappa shape index (κ2) is 18.4. The third-order valence-corrected chi connectivity index (χ3v) is 16.8. The quantitative estimate of drug-likeness (QED) is 0.0671. The molecule has 4 N–H and O–H groups in total. The van der Waals surface area contributed by atoms with E-state index in [4.69, 9.17) is 11.5 Å². The van der Waals surface area contributed by atoms with Crippen molar-refractivity contribution < 1.29 is 38.4 Å². The third-order valence-electron chi connectivity index (χ3n) is 16.8. The van der Waals surface area contributed by atoms with Crippen LogP contribution in [0.25, 0.3) is 86.2 Å². The number of carbonyl (C=O) groups is 8. The Kier molecular flexibility index (Phi) is 11.7. The van der Waals surface area contributed by atoms with E-state index in [-0.39, 0.29) is 66.4 Å². The summed E-state index contributed by atoms with van der Waals surface area (Å²) in [7, 11) is 7.86. The fourth-order valence-electron chi connectivity index (χ4n) is 13.2. The summed E-state index contributed by atoms with van der Waals surface area (Å²) < 4.78 is 0. The highest BCUT2D eigenvalue weighted by Crippen LogP contribution is 2.48. The van der Waals surface area contributed by atoms with E-state index in [0.717, 1.165) is 77.7 Å². The Morgan fingerprint density at radius 2 is 0.600 bits per heavy atom. The number of hydrogen-bond donors (Lipinski definition) is 2. The molecule has 16 nitrogen and oxygen atoms in total. The van der Waals surface area contributed by atoms with Gasteiger partial charge in [-0.15, -0.1) is 0 Å². The summed E-state index contributed by atoms with van der Waals surface area (Å²) in [4.78, 5) is 117. The van der Waals surface area contributed by atoms with Crippen LogP contribution in [0.4, 0.5) is 0 Å². The van der Waals surface area contributed by atoms with Gasteiger partial charge in [0.25, 0.3) is 47.3 Å². The number of imide groups is 4. The van der Waals surface area contributed by atoms with Gasteiger partial charge in [-0.3, -0.25) is 58.0 Å². The fourth-order valence-corrected chi connectivity index (χ4v) is 13.2. The lowest BCUT2D eigenvalue weighted by Gasteiger charge is -2.32. The smallest absolute Gasteiger partial charge is 0.261 e. The van der Waals surface area contributed by atoms with Gasteiger partial charge in [0.05, 0.1) is 0 Å². The molecule has 400 valence electrons. The van der Waals surface area contributed by atoms with Crippen molar-refractivity contribution in [2.24, 2.45) is 11.5 Å². The Morgan fingerprint density at radius 3 is 0.825 bits per heavy atom. The first kappa shape index (κ1) is 50.7. The van der Waals surface area contributed by atoms with Crippen LogP contribution in [0.1, 0.15) is 110 Å². The summed E-state index contributed by atoms with van der Waals surface area (Å²) in [5.41, 5.74) is 15.7. The largest absolute Gasteiger partial charge is 0.328 e. The number of nitrogens with two attached hydrogens (primary N) is 2. The highest BCUT2D eigenvalue weighted by molar-refractivity contribution is 6.43. The SMILES string of the molecule is CC(CN)N1C(=O)c2ccc3c4ccc5c6c(ccc(c7ccc(c2c37)C1=O)c64)C(=O)N(CCCN(C)C)C5=O.CC(N)CN1C(=O)c2ccc3c4ccc5c6c(ccc(c7ccc(c2c37)C1=O)c64)C(=O)N(CCCN(C)C)C5=O. The van der Waals surface area contributed by atoms with Crippen molar-refractivity contribution in [3.8, 4) is 0 Å². The zero-order valence-electron chi connectivity index (χ0n) is 45.2. The molecule has 0 spiro atoms. The van der Waals surface area contributed by atoms with E-state index in [2.05, 4.69) is 0 Å². The van der Waals surface area contributed by atoms with Crippen LogP contribution < -0.4 is 11.5 Å². The topological polar surface area (TPSA) is 208 Å². The van der Waals surface area contributed by atoms with Crippen molar-refractivity contribution in [2.75, 3.05) is 67.5 Å². The van der Waals surface area contributed by atoms with E-state index in [0.29, 0.717) is 92.0 Å². The zero-order chi connectivity index (χ0) is 56.1. The maximum Gasteiger partial charge on any atom is 0.261 e. The second-order valence-corrected chi connectivity index (χ2v) is 22.4. The molecule has 0 fully saturated rings. The molecule has 2 unspecified atom stereocenters. The van der Waals surface area contributed by atoms with Crippen molar-refractivity contribution in [3.05, 3.63) is 142 Å². The first-order valence-corrected chi connectivity index (χ1v) is 27.0. The first-order chi connectivity index (χ1) is 38.4. The molecule has 80 heavy (non-hydrogen) atoms. The molecule has 10 aromatic rings. The summed E-state index contributed by atoms with van der Waals surface area (Å²) in [6, 6.07) is 28.9. The molecule has 10 aromatic carbocycles. The molecule has 4 aliphatic rings. The van der Waals surface area contributed by atoms with Gasteiger partial charge in [-0.2, -0.15) is 0 Å². The van der Waals surface area contributed by atoms with Gasteiger partial charge in [0.1, 0.15) is 0 Å². The molecule has 14 rings (SSSR count). The highest BCUT2D eigenvalue weighted by Gasteiger charge is 2.40. The van der Waals surface area contributed by atoms with Gasteiger partial charge in [-0.1, -0.05) is 48.5 Å². The van der Waals surface area contributed by atoms with Crippen molar-refractivity contribution in [1.29, 1.82) is 0 Å². The monoisotopic (exact) mass is 1060 g/mol. The van der Waals surface area contributed by atoms with Gasteiger partial charge in [0.2, 0.25) is 0 Å². The number of amides is 8. The molecule has 0 aliphatic carbocycles. The fraction of sp³-hybridized carbons (Fsp3) is 0.250. The average molecular weight is 1070 g/mol. The lowest BCUT2D eigenvalue weighted by molar-refractivity contribution is 0.0548. The number of fused-ring (bicyclic) bond motifs is 4. The molecule has 0 saturated carbocycles. The lowest BCUT2D eigenvalue weighted by atomic mass is 9.82. The molecule has 16 heteroatoms. The van der Waals surface area contributed by atoms with Gasteiger partial charge in [0, 0.05) is 104 Å². The van der Waals surface area contributed by atoms with Gasteiger partial charge in [-0.05, 0) is 181 Å². The normalized spacial score (nSPS) is 16.1. The van der Waals surface area contributed by atoms with E-state index < -0.39 is 6.04 Å². The Bertz CT molecular complexity index is 4250. The van der Waals surface area contributed by atoms with E-state index in [9.17, 15) is 38.4 Å². The molecule has 0 radical (unpaired) electrons. The van der Waals surface area contributed by atoms with Crippen LogP contribution >= 0.6 is 0 Å². The summed E-state index contributed by atoms with van der Waals surface area (Å²) in [5, 5.41) is 13.0. The van der Waals surface area contributed by atoms with Crippen LogP contribution in [-0.2, 0) is 0 Å². The van der Waals surface area contributed by atoms with Gasteiger partial charge in [-0.25, -0.2) is 0 Å². The summed E-state index contributed by atoms with van der Waals surface area (Å²) in [6.07, 6.45) is 1.39. The first-order valence-electron chi connectivity index (χ1n) is 27.0. The molecule has 0 aromatic heterocycles. The van der Waals surface area contributed by atoms with Crippen molar-refractivity contribution in [1.82, 2.24) is 29.4 Å². The molecule has 0 bridgehead atoms. The average Bonchev–Trinajstić information content (AvgIpc) is 3.08. The molecule has 0 saturated heterocycles. The van der Waals surface area contributed by atoms with Crippen LogP contribution in [0.3, 0.4) is 0 Å². The second-order valence-electron chi connectivity index (χ2n) is 22.4. The summed E-state index contributed by atoms with van der Waals surface area (Å²) in [6.45, 7) is 6.12. The number of nitrogens with zero attached hydrogens (tertiary/aromatic N) is 6. The standard InChI is InChI=1S/2C32H28N4O4/c1-16(33)15-36-31(39)23-11-7-19-17-5-9-21-27-22(30(38)35(29(21)37)14-4-13-34(2)3)10-6-18(25(17)27)20-8-12-24(32(36)40)28(23)26(19)20;1-16(15-33)36-31(39)23-11-7-19-17-5-9-21-27-22(30(38)35(29(21)37)14-4-13-34(2)3)10-6-18(25(17)27)20-8-12-24(32(36)40)28(23)26(19)20/h2*5-12,16H,4,13-15,33H2,1-3H3. The van der Waals surface area contributed by atoms with Crippen LogP contribution in [0.2, 0.25) is 0 Å². The summed E-state index contributed by atoms with van der Waals surface area (Å²) >= 11 is 0. The number of carbonyl (C=O) groups excluding carboxylic acids is 8. The molecule has 4 heterocycles. The molecule has 4 aliphatic heterocycles. The van der Waals surface area contributed by atoms with Gasteiger partial charge in [0.15, 0.2) is 0 Å². The summed E-state index contributed by atoms with van der Waals surface area (Å²) in [5.74, 6) is -2.49. The number of rotatable bonds is 12. The predicted molar refractivity (Wildman–Crippen MR) is 310 cm³/mol. The highest BCUT2D eigenvalue weighted by atomic mass is 16.2. The maximum atomic E-state index is 13.6. The Hall–Kier alpha value is -8.80. The van der Waals surface area contributed by atoms with Crippen LogP contribution in [0.15, 0.2) is 97.1 Å².